The van der Waals surface area contributed by atoms with Gasteiger partial charge in [0.05, 0.1) is 4.90 Å². The van der Waals surface area contributed by atoms with Crippen molar-refractivity contribution in [2.75, 3.05) is 5.32 Å². The number of anilines is 2. The minimum Gasteiger partial charge on any atom is -0.407 e. The Hall–Kier alpha value is -1.64. The zero-order chi connectivity index (χ0) is 13.2. The molecule has 7 nitrogen and oxygen atoms in total. The Morgan fingerprint density at radius 2 is 2.17 bits per heavy atom. The molecule has 3 N–H and O–H groups in total. The lowest BCUT2D eigenvalue weighted by Gasteiger charge is -2.03. The van der Waals surface area contributed by atoms with Crippen molar-refractivity contribution in [3.05, 3.63) is 30.2 Å². The molecule has 0 radical (unpaired) electrons. The largest absolute Gasteiger partial charge is 0.407 e. The van der Waals surface area contributed by atoms with E-state index in [1.807, 2.05) is 0 Å². The van der Waals surface area contributed by atoms with Gasteiger partial charge in [-0.05, 0) is 18.2 Å². The maximum absolute atomic E-state index is 11.2. The average molecular weight is 289 g/mol. The van der Waals surface area contributed by atoms with Crippen LogP contribution in [0.5, 0.6) is 0 Å². The summed E-state index contributed by atoms with van der Waals surface area (Å²) in [6, 6.07) is 6.05. The molecule has 1 aromatic carbocycles. The van der Waals surface area contributed by atoms with Gasteiger partial charge in [0.25, 0.3) is 0 Å². The van der Waals surface area contributed by atoms with Gasteiger partial charge >= 0.3 is 6.01 Å². The maximum Gasteiger partial charge on any atom is 0.320 e. The number of halogens is 1. The molecule has 0 aliphatic heterocycles. The Morgan fingerprint density at radius 3 is 2.78 bits per heavy atom. The lowest BCUT2D eigenvalue weighted by molar-refractivity contribution is 0.530. The van der Waals surface area contributed by atoms with E-state index < -0.39 is 10.0 Å². The first-order valence-corrected chi connectivity index (χ1v) is 6.85. The SMILES string of the molecule is NS(=O)(=O)c1cccc(Nc2nnc(CCl)o2)c1. The second kappa shape index (κ2) is 4.92. The molecule has 1 heterocycles. The monoisotopic (exact) mass is 288 g/mol. The molecule has 0 bridgehead atoms. The molecule has 0 saturated heterocycles. The predicted molar refractivity (Wildman–Crippen MR) is 65.0 cm³/mol. The summed E-state index contributed by atoms with van der Waals surface area (Å²) in [6.07, 6.45) is 0. The quantitative estimate of drug-likeness (QED) is 0.818. The van der Waals surface area contributed by atoms with Crippen LogP contribution in [0.4, 0.5) is 11.7 Å². The van der Waals surface area contributed by atoms with E-state index in [-0.39, 0.29) is 22.7 Å². The van der Waals surface area contributed by atoms with Crippen molar-refractivity contribution in [3.8, 4) is 0 Å². The summed E-state index contributed by atoms with van der Waals surface area (Å²) in [6.45, 7) is 0. The first-order valence-electron chi connectivity index (χ1n) is 4.77. The molecule has 2 rings (SSSR count). The fraction of sp³-hybridized carbons (Fsp3) is 0.111. The second-order valence-corrected chi connectivity index (χ2v) is 5.16. The van der Waals surface area contributed by atoms with E-state index in [2.05, 4.69) is 15.5 Å². The van der Waals surface area contributed by atoms with E-state index in [1.54, 1.807) is 12.1 Å². The van der Waals surface area contributed by atoms with Crippen LogP contribution in [0.1, 0.15) is 5.89 Å². The van der Waals surface area contributed by atoms with Gasteiger partial charge < -0.3 is 9.73 Å². The summed E-state index contributed by atoms with van der Waals surface area (Å²) in [7, 11) is -3.74. The van der Waals surface area contributed by atoms with Crippen molar-refractivity contribution < 1.29 is 12.8 Å². The Bertz CT molecular complexity index is 655. The zero-order valence-electron chi connectivity index (χ0n) is 9.00. The maximum atomic E-state index is 11.2. The Morgan fingerprint density at radius 1 is 1.39 bits per heavy atom. The topological polar surface area (TPSA) is 111 Å². The molecule has 0 atom stereocenters. The standard InChI is InChI=1S/C9H9ClN4O3S/c10-5-8-13-14-9(17-8)12-6-2-1-3-7(4-6)18(11,15)16/h1-4H,5H2,(H,12,14)(H2,11,15,16). The fourth-order valence-electron chi connectivity index (χ4n) is 1.23. The molecular weight excluding hydrogens is 280 g/mol. The van der Waals surface area contributed by atoms with Crippen molar-refractivity contribution in [3.63, 3.8) is 0 Å². The molecule has 1 aromatic heterocycles. The van der Waals surface area contributed by atoms with Gasteiger partial charge in [-0.25, -0.2) is 13.6 Å². The highest BCUT2D eigenvalue weighted by Crippen LogP contribution is 2.18. The number of hydrogen-bond acceptors (Lipinski definition) is 6. The van der Waals surface area contributed by atoms with Gasteiger partial charge in [0.1, 0.15) is 5.88 Å². The predicted octanol–water partition coefficient (Wildman–Crippen LogP) is 1.20. The molecule has 9 heteroatoms. The van der Waals surface area contributed by atoms with Crippen LogP contribution in [0, 0.1) is 0 Å². The summed E-state index contributed by atoms with van der Waals surface area (Å²) in [5.74, 6) is 0.369. The van der Waals surface area contributed by atoms with Gasteiger partial charge in [0, 0.05) is 5.69 Å². The van der Waals surface area contributed by atoms with Crippen molar-refractivity contribution in [1.29, 1.82) is 0 Å². The molecule has 0 spiro atoms. The Kier molecular flexibility index (Phi) is 3.50. The molecule has 2 aromatic rings. The third-order valence-electron chi connectivity index (χ3n) is 2.00. The third-order valence-corrected chi connectivity index (χ3v) is 3.13. The van der Waals surface area contributed by atoms with E-state index in [9.17, 15) is 8.42 Å². The minimum absolute atomic E-state index is 0.00965. The van der Waals surface area contributed by atoms with E-state index in [0.717, 1.165) is 0 Å². The summed E-state index contributed by atoms with van der Waals surface area (Å²) >= 11 is 5.51. The van der Waals surface area contributed by atoms with Crippen LogP contribution in [0.3, 0.4) is 0 Å². The number of sulfonamides is 1. The zero-order valence-corrected chi connectivity index (χ0v) is 10.6. The number of nitrogens with two attached hydrogens (primary N) is 1. The average Bonchev–Trinajstić information content (AvgIpc) is 2.76. The summed E-state index contributed by atoms with van der Waals surface area (Å²) in [4.78, 5) is -0.00965. The number of nitrogens with one attached hydrogen (secondary N) is 1. The van der Waals surface area contributed by atoms with Crippen LogP contribution in [-0.2, 0) is 15.9 Å². The number of aromatic nitrogens is 2. The first-order chi connectivity index (χ1) is 8.49. The molecule has 0 fully saturated rings. The third kappa shape index (κ3) is 2.97. The normalized spacial score (nSPS) is 11.4. The molecule has 0 aliphatic carbocycles. The van der Waals surface area contributed by atoms with Crippen LogP contribution < -0.4 is 10.5 Å². The highest BCUT2D eigenvalue weighted by molar-refractivity contribution is 7.89. The first kappa shape index (κ1) is 12.8. The lowest BCUT2D eigenvalue weighted by atomic mass is 10.3. The summed E-state index contributed by atoms with van der Waals surface area (Å²) < 4.78 is 27.5. The van der Waals surface area contributed by atoms with Crippen LogP contribution >= 0.6 is 11.6 Å². The van der Waals surface area contributed by atoms with Gasteiger partial charge in [-0.1, -0.05) is 11.2 Å². The lowest BCUT2D eigenvalue weighted by Crippen LogP contribution is -2.12. The highest BCUT2D eigenvalue weighted by atomic mass is 35.5. The van der Waals surface area contributed by atoms with Crippen LogP contribution in [0.25, 0.3) is 0 Å². The van der Waals surface area contributed by atoms with Crippen molar-refractivity contribution in [2.24, 2.45) is 5.14 Å². The Balaban J connectivity index is 2.24. The van der Waals surface area contributed by atoms with Crippen LogP contribution in [-0.4, -0.2) is 18.6 Å². The Labute approximate surface area is 108 Å². The van der Waals surface area contributed by atoms with Crippen LogP contribution in [0.2, 0.25) is 0 Å². The number of rotatable bonds is 4. The second-order valence-electron chi connectivity index (χ2n) is 3.33. The van der Waals surface area contributed by atoms with Gasteiger partial charge in [-0.3, -0.25) is 0 Å². The molecular formula is C9H9ClN4O3S. The van der Waals surface area contributed by atoms with Crippen molar-refractivity contribution >= 4 is 33.3 Å². The molecule has 96 valence electrons. The van der Waals surface area contributed by atoms with Gasteiger partial charge in [-0.15, -0.1) is 16.7 Å². The van der Waals surface area contributed by atoms with E-state index in [4.69, 9.17) is 21.2 Å². The van der Waals surface area contributed by atoms with Crippen molar-refractivity contribution in [2.45, 2.75) is 10.8 Å². The van der Waals surface area contributed by atoms with Crippen molar-refractivity contribution in [1.82, 2.24) is 10.2 Å². The number of primary sulfonamides is 1. The van der Waals surface area contributed by atoms with Gasteiger partial charge in [0.2, 0.25) is 15.9 Å². The van der Waals surface area contributed by atoms with E-state index in [1.165, 1.54) is 12.1 Å². The van der Waals surface area contributed by atoms with E-state index >= 15 is 0 Å². The molecule has 0 aliphatic rings. The van der Waals surface area contributed by atoms with Gasteiger partial charge in [0.15, 0.2) is 0 Å². The number of nitrogens with zero attached hydrogens (tertiary/aromatic N) is 2. The molecule has 0 saturated carbocycles. The number of hydrogen-bond donors (Lipinski definition) is 2. The smallest absolute Gasteiger partial charge is 0.320 e. The van der Waals surface area contributed by atoms with E-state index in [0.29, 0.717) is 5.69 Å². The molecule has 0 unspecified atom stereocenters. The summed E-state index contributed by atoms with van der Waals surface area (Å²) in [5, 5.41) is 15.1. The molecule has 0 amide bonds. The van der Waals surface area contributed by atoms with Gasteiger partial charge in [-0.2, -0.15) is 0 Å². The number of benzene rings is 1. The number of alkyl halides is 1. The minimum atomic E-state index is -3.74. The highest BCUT2D eigenvalue weighted by Gasteiger charge is 2.09. The van der Waals surface area contributed by atoms with Crippen LogP contribution in [0.15, 0.2) is 33.6 Å². The summed E-state index contributed by atoms with van der Waals surface area (Å²) in [5.41, 5.74) is 0.464. The molecule has 18 heavy (non-hydrogen) atoms. The fourth-order valence-corrected chi connectivity index (χ4v) is 1.90.